The summed E-state index contributed by atoms with van der Waals surface area (Å²) in [7, 11) is 0. The van der Waals surface area contributed by atoms with E-state index in [1.54, 1.807) is 26.0 Å². The molecule has 1 amide bonds. The number of carbonyl (C=O) groups excluding carboxylic acids is 1. The van der Waals surface area contributed by atoms with Crippen molar-refractivity contribution in [3.8, 4) is 0 Å². The van der Waals surface area contributed by atoms with Crippen molar-refractivity contribution < 1.29 is 23.8 Å². The van der Waals surface area contributed by atoms with E-state index in [1.807, 2.05) is 4.90 Å². The molecule has 0 radical (unpaired) electrons. The Bertz CT molecular complexity index is 751. The van der Waals surface area contributed by atoms with Crippen LogP contribution in [-0.2, 0) is 9.47 Å². The number of ether oxygens (including phenoxy) is 2. The molecule has 1 N–H and O–H groups in total. The highest BCUT2D eigenvalue weighted by Gasteiger charge is 2.53. The summed E-state index contributed by atoms with van der Waals surface area (Å²) in [6.07, 6.45) is 4.32. The predicted molar refractivity (Wildman–Crippen MR) is 107 cm³/mol. The maximum Gasteiger partial charge on any atom is 0.253 e. The van der Waals surface area contributed by atoms with Crippen molar-refractivity contribution in [1.82, 2.24) is 4.90 Å². The first-order valence-electron chi connectivity index (χ1n) is 10.7. The zero-order valence-electron chi connectivity index (χ0n) is 17.6. The fraction of sp³-hybridized carbons (Fsp3) is 0.696. The lowest BCUT2D eigenvalue weighted by Gasteiger charge is -2.39. The molecule has 3 atom stereocenters. The van der Waals surface area contributed by atoms with E-state index in [-0.39, 0.29) is 34.9 Å². The van der Waals surface area contributed by atoms with Crippen LogP contribution in [0.4, 0.5) is 4.39 Å². The first kappa shape index (κ1) is 20.8. The van der Waals surface area contributed by atoms with Gasteiger partial charge in [-0.1, -0.05) is 0 Å². The number of nitrogens with zero attached hydrogens (tertiary/aromatic N) is 1. The summed E-state index contributed by atoms with van der Waals surface area (Å²) in [4.78, 5) is 14.6. The van der Waals surface area contributed by atoms with Gasteiger partial charge in [0.15, 0.2) is 0 Å². The van der Waals surface area contributed by atoms with Gasteiger partial charge in [0.05, 0.1) is 30.0 Å². The molecule has 1 aromatic carbocycles. The lowest BCUT2D eigenvalue weighted by Crippen LogP contribution is -2.45. The lowest BCUT2D eigenvalue weighted by molar-refractivity contribution is -0.155. The predicted octanol–water partition coefficient (Wildman–Crippen LogP) is 3.55. The molecule has 0 bridgehead atoms. The highest BCUT2D eigenvalue weighted by molar-refractivity contribution is 5.94. The smallest absolute Gasteiger partial charge is 0.253 e. The zero-order valence-corrected chi connectivity index (χ0v) is 17.6. The average Bonchev–Trinajstić information content (AvgIpc) is 3.28. The number of rotatable bonds is 3. The number of halogens is 1. The Labute approximate surface area is 172 Å². The highest BCUT2D eigenvalue weighted by atomic mass is 19.1. The summed E-state index contributed by atoms with van der Waals surface area (Å²) < 4.78 is 25.6. The molecule has 5 nitrogen and oxygen atoms in total. The third kappa shape index (κ3) is 4.07. The monoisotopic (exact) mass is 405 g/mol. The van der Waals surface area contributed by atoms with E-state index in [0.29, 0.717) is 25.3 Å². The van der Waals surface area contributed by atoms with Crippen molar-refractivity contribution in [2.45, 2.75) is 76.3 Å². The molecular formula is C23H32FNO4. The minimum absolute atomic E-state index is 0.0224. The van der Waals surface area contributed by atoms with E-state index in [0.717, 1.165) is 32.1 Å². The van der Waals surface area contributed by atoms with Gasteiger partial charge in [0.2, 0.25) is 0 Å². The molecule has 29 heavy (non-hydrogen) atoms. The first-order chi connectivity index (χ1) is 13.6. The standard InChI is InChI=1S/C23H32FNO4/c1-21(2,27)18-8-9-22(3,29-18)19-14-23(15-28-19)10-12-25(13-11-23)20(26)16-4-6-17(24)7-5-16/h4-7,18-19,27H,8-15H2,1-3H3/t18-,19-,22+/m0/s1. The van der Waals surface area contributed by atoms with Gasteiger partial charge in [-0.2, -0.15) is 0 Å². The van der Waals surface area contributed by atoms with E-state index >= 15 is 0 Å². The summed E-state index contributed by atoms with van der Waals surface area (Å²) in [6.45, 7) is 7.78. The van der Waals surface area contributed by atoms with Gasteiger partial charge in [-0.3, -0.25) is 4.79 Å². The summed E-state index contributed by atoms with van der Waals surface area (Å²) in [6, 6.07) is 5.76. The van der Waals surface area contributed by atoms with Gasteiger partial charge >= 0.3 is 0 Å². The van der Waals surface area contributed by atoms with Crippen LogP contribution in [0, 0.1) is 11.2 Å². The van der Waals surface area contributed by atoms with Crippen LogP contribution in [0.25, 0.3) is 0 Å². The van der Waals surface area contributed by atoms with Crippen molar-refractivity contribution in [3.05, 3.63) is 35.6 Å². The molecule has 1 aromatic rings. The summed E-state index contributed by atoms with van der Waals surface area (Å²) in [5, 5.41) is 10.3. The van der Waals surface area contributed by atoms with E-state index in [4.69, 9.17) is 9.47 Å². The number of hydrogen-bond donors (Lipinski definition) is 1. The van der Waals surface area contributed by atoms with Crippen LogP contribution in [0.3, 0.4) is 0 Å². The Morgan fingerprint density at radius 2 is 1.86 bits per heavy atom. The molecule has 160 valence electrons. The minimum atomic E-state index is -0.847. The van der Waals surface area contributed by atoms with Crippen molar-refractivity contribution >= 4 is 5.91 Å². The van der Waals surface area contributed by atoms with Crippen LogP contribution >= 0.6 is 0 Å². The van der Waals surface area contributed by atoms with Gasteiger partial charge in [0.1, 0.15) is 5.82 Å². The number of likely N-dealkylation sites (tertiary alicyclic amines) is 1. The quantitative estimate of drug-likeness (QED) is 0.836. The van der Waals surface area contributed by atoms with E-state index in [9.17, 15) is 14.3 Å². The Kier molecular flexibility index (Phi) is 5.24. The van der Waals surface area contributed by atoms with Crippen LogP contribution in [0.5, 0.6) is 0 Å². The van der Waals surface area contributed by atoms with E-state index in [2.05, 4.69) is 6.92 Å². The molecule has 4 rings (SSSR count). The number of hydrogen-bond acceptors (Lipinski definition) is 4. The number of piperidine rings is 1. The van der Waals surface area contributed by atoms with Gasteiger partial charge in [0, 0.05) is 18.7 Å². The Morgan fingerprint density at radius 3 is 2.45 bits per heavy atom. The molecule has 0 aromatic heterocycles. The minimum Gasteiger partial charge on any atom is -0.388 e. The molecule has 3 aliphatic rings. The molecular weight excluding hydrogens is 373 g/mol. The lowest BCUT2D eigenvalue weighted by atomic mass is 9.74. The third-order valence-electron chi connectivity index (χ3n) is 7.20. The number of benzene rings is 1. The summed E-state index contributed by atoms with van der Waals surface area (Å²) in [5.41, 5.74) is -0.592. The SMILES string of the molecule is CC(C)(O)[C@@H]1CC[C@](C)([C@@H]2CC3(CCN(C(=O)c4ccc(F)cc4)CC3)CO2)O1. The van der Waals surface area contributed by atoms with Crippen LogP contribution < -0.4 is 0 Å². The van der Waals surface area contributed by atoms with Gasteiger partial charge < -0.3 is 19.5 Å². The third-order valence-corrected chi connectivity index (χ3v) is 7.20. The Balaban J connectivity index is 1.35. The largest absolute Gasteiger partial charge is 0.388 e. The first-order valence-corrected chi connectivity index (χ1v) is 10.7. The second-order valence-corrected chi connectivity index (χ2v) is 9.91. The summed E-state index contributed by atoms with van der Waals surface area (Å²) >= 11 is 0. The van der Waals surface area contributed by atoms with Crippen molar-refractivity contribution in [2.75, 3.05) is 19.7 Å². The van der Waals surface area contributed by atoms with Crippen LogP contribution in [0.2, 0.25) is 0 Å². The average molecular weight is 406 g/mol. The molecule has 0 unspecified atom stereocenters. The second-order valence-electron chi connectivity index (χ2n) is 9.91. The zero-order chi connectivity index (χ0) is 20.9. The second kappa shape index (κ2) is 7.33. The van der Waals surface area contributed by atoms with E-state index < -0.39 is 5.60 Å². The van der Waals surface area contributed by atoms with Crippen LogP contribution in [0.1, 0.15) is 63.2 Å². The maximum atomic E-state index is 13.1. The topological polar surface area (TPSA) is 59.0 Å². The van der Waals surface area contributed by atoms with Gasteiger partial charge in [-0.05, 0) is 82.6 Å². The van der Waals surface area contributed by atoms with Gasteiger partial charge in [0.25, 0.3) is 5.91 Å². The van der Waals surface area contributed by atoms with Crippen LogP contribution in [-0.4, -0.2) is 59.0 Å². The summed E-state index contributed by atoms with van der Waals surface area (Å²) in [5.74, 6) is -0.364. The van der Waals surface area contributed by atoms with Crippen LogP contribution in [0.15, 0.2) is 24.3 Å². The Morgan fingerprint density at radius 1 is 1.21 bits per heavy atom. The number of carbonyl (C=O) groups is 1. The molecule has 3 fully saturated rings. The molecule has 0 aliphatic carbocycles. The molecule has 3 saturated heterocycles. The molecule has 3 heterocycles. The number of amides is 1. The van der Waals surface area contributed by atoms with Crippen molar-refractivity contribution in [2.24, 2.45) is 5.41 Å². The van der Waals surface area contributed by atoms with Gasteiger partial charge in [-0.15, -0.1) is 0 Å². The fourth-order valence-corrected chi connectivity index (χ4v) is 5.08. The maximum absolute atomic E-state index is 13.1. The molecule has 1 spiro atoms. The Hall–Kier alpha value is -1.50. The molecule has 0 saturated carbocycles. The van der Waals surface area contributed by atoms with Gasteiger partial charge in [-0.25, -0.2) is 4.39 Å². The molecule has 6 heteroatoms. The normalized spacial score (nSPS) is 32.1. The molecule has 3 aliphatic heterocycles. The van der Waals surface area contributed by atoms with Crippen molar-refractivity contribution in [1.29, 1.82) is 0 Å². The van der Waals surface area contributed by atoms with E-state index in [1.165, 1.54) is 12.1 Å². The van der Waals surface area contributed by atoms with Crippen molar-refractivity contribution in [3.63, 3.8) is 0 Å². The highest BCUT2D eigenvalue weighted by Crippen LogP contribution is 2.49. The fourth-order valence-electron chi connectivity index (χ4n) is 5.08. The number of aliphatic hydroxyl groups is 1.